The SMILES string of the molecule is N#Cc1cccc(-c2[nH]ncc2C(=O)Nc2cccc(NC(=O)NCCC(N)=O)c2)c1. The van der Waals surface area contributed by atoms with E-state index in [0.29, 0.717) is 33.8 Å². The molecule has 6 N–H and O–H groups in total. The molecule has 3 rings (SSSR count). The molecule has 10 heteroatoms. The number of amides is 4. The Morgan fingerprint density at radius 1 is 1.06 bits per heavy atom. The second-order valence-corrected chi connectivity index (χ2v) is 6.48. The fourth-order valence-electron chi connectivity index (χ4n) is 2.77. The van der Waals surface area contributed by atoms with Crippen LogP contribution in [0.4, 0.5) is 16.2 Å². The first-order valence-electron chi connectivity index (χ1n) is 9.24. The minimum Gasteiger partial charge on any atom is -0.370 e. The second kappa shape index (κ2) is 9.71. The molecule has 156 valence electrons. The van der Waals surface area contributed by atoms with E-state index in [1.54, 1.807) is 48.5 Å². The highest BCUT2D eigenvalue weighted by Gasteiger charge is 2.16. The van der Waals surface area contributed by atoms with Crippen molar-refractivity contribution < 1.29 is 14.4 Å². The first-order chi connectivity index (χ1) is 15.0. The molecule has 0 radical (unpaired) electrons. The van der Waals surface area contributed by atoms with Gasteiger partial charge in [-0.2, -0.15) is 10.4 Å². The largest absolute Gasteiger partial charge is 0.370 e. The summed E-state index contributed by atoms with van der Waals surface area (Å²) in [5.41, 5.74) is 7.84. The lowest BCUT2D eigenvalue weighted by Crippen LogP contribution is -2.31. The molecule has 0 aliphatic carbocycles. The molecule has 0 unspecified atom stereocenters. The molecule has 0 aliphatic heterocycles. The number of nitriles is 1. The third-order valence-corrected chi connectivity index (χ3v) is 4.20. The molecule has 4 amide bonds. The molecule has 3 aromatic rings. The minimum atomic E-state index is -0.511. The number of rotatable bonds is 7. The summed E-state index contributed by atoms with van der Waals surface area (Å²) in [7, 11) is 0. The molecule has 0 aliphatic rings. The van der Waals surface area contributed by atoms with E-state index in [-0.39, 0.29) is 13.0 Å². The molecule has 1 aromatic heterocycles. The van der Waals surface area contributed by atoms with Gasteiger partial charge in [0.2, 0.25) is 5.91 Å². The normalized spacial score (nSPS) is 10.0. The van der Waals surface area contributed by atoms with Gasteiger partial charge in [0.05, 0.1) is 29.1 Å². The topological polar surface area (TPSA) is 166 Å². The fourth-order valence-corrected chi connectivity index (χ4v) is 2.77. The van der Waals surface area contributed by atoms with E-state index in [1.165, 1.54) is 6.20 Å². The molecule has 0 fully saturated rings. The molecular formula is C21H19N7O3. The number of benzene rings is 2. The smallest absolute Gasteiger partial charge is 0.319 e. The number of nitrogens with two attached hydrogens (primary N) is 1. The van der Waals surface area contributed by atoms with Crippen molar-refractivity contribution >= 4 is 29.2 Å². The quantitative estimate of drug-likeness (QED) is 0.397. The van der Waals surface area contributed by atoms with Crippen LogP contribution in [0, 0.1) is 11.3 Å². The fraction of sp³-hybridized carbons (Fsp3) is 0.0952. The summed E-state index contributed by atoms with van der Waals surface area (Å²) < 4.78 is 0. The Balaban J connectivity index is 1.69. The van der Waals surface area contributed by atoms with E-state index in [2.05, 4.69) is 32.2 Å². The van der Waals surface area contributed by atoms with E-state index in [1.807, 2.05) is 0 Å². The first-order valence-corrected chi connectivity index (χ1v) is 9.24. The van der Waals surface area contributed by atoms with Gasteiger partial charge in [0, 0.05) is 29.9 Å². The van der Waals surface area contributed by atoms with Crippen LogP contribution in [-0.2, 0) is 4.79 Å². The number of primary amides is 1. The van der Waals surface area contributed by atoms with Gasteiger partial charge in [0.1, 0.15) is 0 Å². The molecule has 31 heavy (non-hydrogen) atoms. The number of aromatic amines is 1. The first kappa shape index (κ1) is 21.1. The maximum atomic E-state index is 12.8. The van der Waals surface area contributed by atoms with E-state index in [0.717, 1.165) is 0 Å². The molecule has 0 atom stereocenters. The van der Waals surface area contributed by atoms with Gasteiger partial charge >= 0.3 is 6.03 Å². The molecule has 0 spiro atoms. The maximum absolute atomic E-state index is 12.8. The molecular weight excluding hydrogens is 398 g/mol. The van der Waals surface area contributed by atoms with Crippen LogP contribution in [0.3, 0.4) is 0 Å². The number of nitrogens with zero attached hydrogens (tertiary/aromatic N) is 2. The number of urea groups is 1. The lowest BCUT2D eigenvalue weighted by atomic mass is 10.1. The molecule has 0 saturated carbocycles. The lowest BCUT2D eigenvalue weighted by Gasteiger charge is -2.10. The minimum absolute atomic E-state index is 0.0355. The Hall–Kier alpha value is -4.65. The van der Waals surface area contributed by atoms with Gasteiger partial charge in [-0.25, -0.2) is 4.79 Å². The molecule has 0 saturated heterocycles. The summed E-state index contributed by atoms with van der Waals surface area (Å²) in [6.45, 7) is 0.119. The lowest BCUT2D eigenvalue weighted by molar-refractivity contribution is -0.117. The summed E-state index contributed by atoms with van der Waals surface area (Å²) >= 11 is 0. The number of carbonyl (C=O) groups excluding carboxylic acids is 3. The van der Waals surface area contributed by atoms with Crippen molar-refractivity contribution in [3.63, 3.8) is 0 Å². The van der Waals surface area contributed by atoms with Gasteiger partial charge < -0.3 is 21.7 Å². The Morgan fingerprint density at radius 3 is 2.55 bits per heavy atom. The third-order valence-electron chi connectivity index (χ3n) is 4.20. The van der Waals surface area contributed by atoms with Crippen molar-refractivity contribution in [3.8, 4) is 17.3 Å². The van der Waals surface area contributed by atoms with Gasteiger partial charge in [0.15, 0.2) is 0 Å². The third kappa shape index (κ3) is 5.68. The standard InChI is InChI=1S/C21H19N7O3/c22-11-13-3-1-4-14(9-13)19-17(12-25-28-19)20(30)26-15-5-2-6-16(10-15)27-21(31)24-8-7-18(23)29/h1-6,9-10,12H,7-8H2,(H2,23,29)(H,25,28)(H,26,30)(H2,24,27,31). The van der Waals surface area contributed by atoms with Crippen molar-refractivity contribution in [3.05, 3.63) is 65.9 Å². The number of nitrogens with one attached hydrogen (secondary N) is 4. The van der Waals surface area contributed by atoms with Crippen LogP contribution in [0.2, 0.25) is 0 Å². The molecule has 2 aromatic carbocycles. The average molecular weight is 417 g/mol. The molecule has 1 heterocycles. The van der Waals surface area contributed by atoms with E-state index < -0.39 is 17.8 Å². The van der Waals surface area contributed by atoms with Crippen LogP contribution in [0.25, 0.3) is 11.3 Å². The van der Waals surface area contributed by atoms with Crippen molar-refractivity contribution in [2.75, 3.05) is 17.2 Å². The van der Waals surface area contributed by atoms with Crippen LogP contribution in [-0.4, -0.2) is 34.6 Å². The highest BCUT2D eigenvalue weighted by Crippen LogP contribution is 2.23. The zero-order valence-corrected chi connectivity index (χ0v) is 16.3. The predicted octanol–water partition coefficient (Wildman–Crippen LogP) is 2.20. The summed E-state index contributed by atoms with van der Waals surface area (Å²) in [6.07, 6.45) is 1.44. The van der Waals surface area contributed by atoms with Gasteiger partial charge in [-0.05, 0) is 30.3 Å². The van der Waals surface area contributed by atoms with Crippen LogP contribution in [0.5, 0.6) is 0 Å². The number of anilines is 2. The number of carbonyl (C=O) groups is 3. The summed E-state index contributed by atoms with van der Waals surface area (Å²) in [5, 5.41) is 23.7. The van der Waals surface area contributed by atoms with Crippen LogP contribution in [0.1, 0.15) is 22.3 Å². The van der Waals surface area contributed by atoms with Crippen LogP contribution >= 0.6 is 0 Å². The maximum Gasteiger partial charge on any atom is 0.319 e. The number of H-pyrrole nitrogens is 1. The second-order valence-electron chi connectivity index (χ2n) is 6.48. The van der Waals surface area contributed by atoms with Gasteiger partial charge in [0.25, 0.3) is 5.91 Å². The monoisotopic (exact) mass is 417 g/mol. The summed E-state index contributed by atoms with van der Waals surface area (Å²) in [5.74, 6) is -0.919. The highest BCUT2D eigenvalue weighted by molar-refractivity contribution is 6.08. The number of hydrogen-bond donors (Lipinski definition) is 5. The predicted molar refractivity (Wildman–Crippen MR) is 114 cm³/mol. The number of hydrogen-bond acceptors (Lipinski definition) is 5. The van der Waals surface area contributed by atoms with E-state index in [9.17, 15) is 14.4 Å². The molecule has 10 nitrogen and oxygen atoms in total. The summed E-state index contributed by atoms with van der Waals surface area (Å²) in [6, 6.07) is 15.0. The van der Waals surface area contributed by atoms with E-state index >= 15 is 0 Å². The Kier molecular flexibility index (Phi) is 6.60. The Morgan fingerprint density at radius 2 is 1.81 bits per heavy atom. The van der Waals surface area contributed by atoms with Gasteiger partial charge in [-0.1, -0.05) is 18.2 Å². The average Bonchev–Trinajstić information content (AvgIpc) is 3.24. The van der Waals surface area contributed by atoms with Crippen LogP contribution in [0.15, 0.2) is 54.7 Å². The summed E-state index contributed by atoms with van der Waals surface area (Å²) in [4.78, 5) is 35.4. The van der Waals surface area contributed by atoms with Crippen molar-refractivity contribution in [1.29, 1.82) is 5.26 Å². The van der Waals surface area contributed by atoms with Crippen molar-refractivity contribution in [1.82, 2.24) is 15.5 Å². The zero-order valence-electron chi connectivity index (χ0n) is 16.3. The Labute approximate surface area is 177 Å². The Bertz CT molecular complexity index is 1160. The van der Waals surface area contributed by atoms with Gasteiger partial charge in [-0.15, -0.1) is 0 Å². The van der Waals surface area contributed by atoms with Crippen molar-refractivity contribution in [2.24, 2.45) is 5.73 Å². The molecule has 0 bridgehead atoms. The number of aromatic nitrogens is 2. The highest BCUT2D eigenvalue weighted by atomic mass is 16.2. The van der Waals surface area contributed by atoms with E-state index in [4.69, 9.17) is 11.0 Å². The zero-order chi connectivity index (χ0) is 22.2. The van der Waals surface area contributed by atoms with Gasteiger partial charge in [-0.3, -0.25) is 14.7 Å². The van der Waals surface area contributed by atoms with Crippen molar-refractivity contribution in [2.45, 2.75) is 6.42 Å². The van der Waals surface area contributed by atoms with Crippen LogP contribution < -0.4 is 21.7 Å².